The molecule has 1 aromatic carbocycles. The van der Waals surface area contributed by atoms with E-state index in [9.17, 15) is 0 Å². The maximum atomic E-state index is 6.02. The zero-order valence-corrected chi connectivity index (χ0v) is 9.09. The lowest BCUT2D eigenvalue weighted by Gasteiger charge is -2.17. The van der Waals surface area contributed by atoms with Crippen LogP contribution in [0.3, 0.4) is 0 Å². The molecule has 0 amide bonds. The first-order chi connectivity index (χ1) is 6.53. The van der Waals surface area contributed by atoms with E-state index in [1.165, 1.54) is 11.1 Å². The van der Waals surface area contributed by atoms with Crippen LogP contribution in [0.1, 0.15) is 25.0 Å². The van der Waals surface area contributed by atoms with Crippen LogP contribution < -0.4 is 5.73 Å². The Hall–Kier alpha value is -1.26. The van der Waals surface area contributed by atoms with Crippen LogP contribution in [-0.4, -0.2) is 5.54 Å². The summed E-state index contributed by atoms with van der Waals surface area (Å²) in [5, 5.41) is 0. The maximum Gasteiger partial charge on any atom is 0.0788 e. The van der Waals surface area contributed by atoms with Crippen LogP contribution in [0.25, 0.3) is 0 Å². The van der Waals surface area contributed by atoms with Crippen LogP contribution in [0.15, 0.2) is 24.3 Å². The molecular weight excluding hydrogens is 170 g/mol. The lowest BCUT2D eigenvalue weighted by Crippen LogP contribution is -2.36. The van der Waals surface area contributed by atoms with E-state index >= 15 is 0 Å². The van der Waals surface area contributed by atoms with E-state index in [4.69, 9.17) is 5.73 Å². The molecule has 0 saturated heterocycles. The van der Waals surface area contributed by atoms with Gasteiger partial charge < -0.3 is 5.73 Å². The normalized spacial score (nSPS) is 14.0. The van der Waals surface area contributed by atoms with E-state index < -0.39 is 5.54 Å². The van der Waals surface area contributed by atoms with Gasteiger partial charge >= 0.3 is 0 Å². The molecule has 0 spiro atoms. The molecule has 0 aromatic heterocycles. The van der Waals surface area contributed by atoms with Crippen molar-refractivity contribution in [2.45, 2.75) is 32.7 Å². The Bertz CT molecular complexity index is 349. The number of aryl methyl sites for hydroxylation is 1. The van der Waals surface area contributed by atoms with Gasteiger partial charge in [0.25, 0.3) is 0 Å². The number of hydrogen-bond donors (Lipinski definition) is 1. The lowest BCUT2D eigenvalue weighted by molar-refractivity contribution is 0.604. The van der Waals surface area contributed by atoms with Gasteiger partial charge in [0.15, 0.2) is 0 Å². The fourth-order valence-electron chi connectivity index (χ4n) is 1.46. The van der Waals surface area contributed by atoms with Gasteiger partial charge in [-0.15, -0.1) is 5.92 Å². The zero-order valence-electron chi connectivity index (χ0n) is 9.09. The summed E-state index contributed by atoms with van der Waals surface area (Å²) >= 11 is 0. The van der Waals surface area contributed by atoms with Gasteiger partial charge in [0.1, 0.15) is 0 Å². The Morgan fingerprint density at radius 2 is 1.86 bits per heavy atom. The third-order valence-corrected chi connectivity index (χ3v) is 2.10. The van der Waals surface area contributed by atoms with Gasteiger partial charge in [-0.25, -0.2) is 0 Å². The molecule has 2 N–H and O–H groups in total. The molecule has 0 heterocycles. The minimum Gasteiger partial charge on any atom is -0.315 e. The van der Waals surface area contributed by atoms with Crippen molar-refractivity contribution in [1.29, 1.82) is 0 Å². The number of rotatable bonds is 2. The first-order valence-corrected chi connectivity index (χ1v) is 4.82. The van der Waals surface area contributed by atoms with Crippen molar-refractivity contribution in [1.82, 2.24) is 0 Å². The Labute approximate surface area is 86.3 Å². The highest BCUT2D eigenvalue weighted by atomic mass is 14.7. The minimum absolute atomic E-state index is 0.413. The van der Waals surface area contributed by atoms with E-state index in [-0.39, 0.29) is 0 Å². The standard InChI is InChI=1S/C13H17N/c1-4-9-13(3,14)10-12-7-5-11(2)6-8-12/h5-8H,10,14H2,1-3H3. The zero-order chi connectivity index (χ0) is 10.6. The molecule has 74 valence electrons. The van der Waals surface area contributed by atoms with Gasteiger partial charge in [-0.3, -0.25) is 0 Å². The smallest absolute Gasteiger partial charge is 0.0788 e. The summed E-state index contributed by atoms with van der Waals surface area (Å²) in [7, 11) is 0. The van der Waals surface area contributed by atoms with Gasteiger partial charge in [0, 0.05) is 6.42 Å². The largest absolute Gasteiger partial charge is 0.315 e. The molecule has 0 radical (unpaired) electrons. The van der Waals surface area contributed by atoms with Gasteiger partial charge in [-0.2, -0.15) is 0 Å². The van der Waals surface area contributed by atoms with Gasteiger partial charge in [-0.1, -0.05) is 35.7 Å². The van der Waals surface area contributed by atoms with Crippen LogP contribution in [0, 0.1) is 18.8 Å². The fraction of sp³-hybridized carbons (Fsp3) is 0.385. The van der Waals surface area contributed by atoms with Crippen molar-refractivity contribution in [3.63, 3.8) is 0 Å². The molecular formula is C13H17N. The topological polar surface area (TPSA) is 26.0 Å². The highest BCUT2D eigenvalue weighted by Crippen LogP contribution is 2.10. The van der Waals surface area contributed by atoms with Crippen molar-refractivity contribution in [3.05, 3.63) is 35.4 Å². The van der Waals surface area contributed by atoms with Crippen molar-refractivity contribution < 1.29 is 0 Å². The summed E-state index contributed by atoms with van der Waals surface area (Å²) in [6, 6.07) is 8.42. The van der Waals surface area contributed by atoms with Crippen LogP contribution >= 0.6 is 0 Å². The molecule has 1 rings (SSSR count). The van der Waals surface area contributed by atoms with Crippen LogP contribution in [0.2, 0.25) is 0 Å². The van der Waals surface area contributed by atoms with Crippen molar-refractivity contribution in [2.24, 2.45) is 5.73 Å². The van der Waals surface area contributed by atoms with Crippen molar-refractivity contribution in [2.75, 3.05) is 0 Å². The quantitative estimate of drug-likeness (QED) is 0.706. The molecule has 1 atom stereocenters. The van der Waals surface area contributed by atoms with Crippen LogP contribution in [0.4, 0.5) is 0 Å². The predicted octanol–water partition coefficient (Wildman–Crippen LogP) is 2.28. The molecule has 0 fully saturated rings. The number of hydrogen-bond acceptors (Lipinski definition) is 1. The summed E-state index contributed by atoms with van der Waals surface area (Å²) in [5.74, 6) is 5.88. The Morgan fingerprint density at radius 1 is 1.29 bits per heavy atom. The molecule has 1 heteroatoms. The maximum absolute atomic E-state index is 6.02. The third kappa shape index (κ3) is 3.24. The third-order valence-electron chi connectivity index (χ3n) is 2.10. The second-order valence-corrected chi connectivity index (χ2v) is 3.95. The molecule has 1 unspecified atom stereocenters. The highest BCUT2D eigenvalue weighted by molar-refractivity contribution is 5.26. The van der Waals surface area contributed by atoms with Crippen molar-refractivity contribution >= 4 is 0 Å². The van der Waals surface area contributed by atoms with E-state index in [1.807, 2.05) is 13.8 Å². The highest BCUT2D eigenvalue weighted by Gasteiger charge is 2.14. The predicted molar refractivity (Wildman–Crippen MR) is 60.9 cm³/mol. The molecule has 0 saturated carbocycles. The average Bonchev–Trinajstić information content (AvgIpc) is 2.08. The summed E-state index contributed by atoms with van der Waals surface area (Å²) in [6.45, 7) is 5.86. The fourth-order valence-corrected chi connectivity index (χ4v) is 1.46. The first kappa shape index (κ1) is 10.8. The number of benzene rings is 1. The van der Waals surface area contributed by atoms with Crippen molar-refractivity contribution in [3.8, 4) is 11.8 Å². The molecule has 0 aliphatic rings. The Balaban J connectivity index is 2.77. The first-order valence-electron chi connectivity index (χ1n) is 4.82. The van der Waals surface area contributed by atoms with Gasteiger partial charge in [0.05, 0.1) is 5.54 Å². The summed E-state index contributed by atoms with van der Waals surface area (Å²) < 4.78 is 0. The molecule has 14 heavy (non-hydrogen) atoms. The SMILES string of the molecule is CC#CC(C)(N)Cc1ccc(C)cc1. The average molecular weight is 187 g/mol. The summed E-state index contributed by atoms with van der Waals surface area (Å²) in [6.07, 6.45) is 0.800. The summed E-state index contributed by atoms with van der Waals surface area (Å²) in [4.78, 5) is 0. The molecule has 1 aromatic rings. The van der Waals surface area contributed by atoms with E-state index in [1.54, 1.807) is 0 Å². The summed E-state index contributed by atoms with van der Waals surface area (Å²) in [5.41, 5.74) is 8.12. The van der Waals surface area contributed by atoms with Gasteiger partial charge in [-0.05, 0) is 26.3 Å². The van der Waals surface area contributed by atoms with E-state index in [0.717, 1.165) is 6.42 Å². The lowest BCUT2D eigenvalue weighted by atomic mass is 9.94. The van der Waals surface area contributed by atoms with E-state index in [2.05, 4.69) is 43.0 Å². The molecule has 0 bridgehead atoms. The number of nitrogens with two attached hydrogens (primary N) is 1. The van der Waals surface area contributed by atoms with E-state index in [0.29, 0.717) is 0 Å². The second kappa shape index (κ2) is 4.30. The van der Waals surface area contributed by atoms with Crippen LogP contribution in [-0.2, 0) is 6.42 Å². The minimum atomic E-state index is -0.413. The van der Waals surface area contributed by atoms with Gasteiger partial charge in [0.2, 0.25) is 0 Å². The molecule has 0 aliphatic carbocycles. The van der Waals surface area contributed by atoms with Crippen LogP contribution in [0.5, 0.6) is 0 Å². The Morgan fingerprint density at radius 3 is 2.36 bits per heavy atom. The Kier molecular flexibility index (Phi) is 3.33. The monoisotopic (exact) mass is 187 g/mol. The molecule has 0 aliphatic heterocycles. The molecule has 1 nitrogen and oxygen atoms in total. The second-order valence-electron chi connectivity index (χ2n) is 3.95.